The summed E-state index contributed by atoms with van der Waals surface area (Å²) < 4.78 is 29.6. The predicted molar refractivity (Wildman–Crippen MR) is 174 cm³/mol. The van der Waals surface area contributed by atoms with Crippen LogP contribution < -0.4 is 4.74 Å². The van der Waals surface area contributed by atoms with Gasteiger partial charge in [0.2, 0.25) is 0 Å². The number of Topliss-reactive ketones (excluding diaryl/α,β-unsaturated/α-hetero) is 1. The average molecular weight is 612 g/mol. The zero-order valence-corrected chi connectivity index (χ0v) is 28.4. The zero-order valence-electron chi connectivity index (χ0n) is 27.5. The Kier molecular flexibility index (Phi) is 22.3. The van der Waals surface area contributed by atoms with Gasteiger partial charge in [-0.25, -0.2) is 4.57 Å². The number of benzene rings is 1. The maximum atomic E-state index is 12.7. The van der Waals surface area contributed by atoms with E-state index in [2.05, 4.69) is 11.8 Å². The van der Waals surface area contributed by atoms with Crippen LogP contribution >= 0.6 is 7.82 Å². The maximum absolute atomic E-state index is 12.7. The lowest BCUT2D eigenvalue weighted by Gasteiger charge is -2.23. The molecular weight excluding hydrogens is 549 g/mol. The van der Waals surface area contributed by atoms with E-state index >= 15 is 0 Å². The van der Waals surface area contributed by atoms with Crippen LogP contribution in [-0.2, 0) is 24.8 Å². The highest BCUT2D eigenvalue weighted by molar-refractivity contribution is 7.47. The third-order valence-corrected chi connectivity index (χ3v) is 8.64. The number of hydrogen-bond acceptors (Lipinski definition) is 6. The topological polar surface area (TPSA) is 85.3 Å². The quantitative estimate of drug-likeness (QED) is 0.0747. The summed E-state index contributed by atoms with van der Waals surface area (Å²) in [6.45, 7) is 7.78. The fraction of sp³-hybridized carbons (Fsp3) is 0.794. The molecule has 0 fully saturated rings. The standard InChI is InChI=1S/C34H62NO6P/c1-6-9-10-11-12-13-14-15-16-17-26-39-34-23-21-30(22-24-34)27-31(28-32(36)19-7-2)29-40-42(37,38)41-33(8-3)20-18-25-35(4)5/h21-24,31,33H,6-20,25-29H2,1-5H3,(H,37,38). The fourth-order valence-electron chi connectivity index (χ4n) is 5.11. The highest BCUT2D eigenvalue weighted by atomic mass is 31.2. The second kappa shape index (κ2) is 24.1. The number of phosphoric ester groups is 1. The van der Waals surface area contributed by atoms with Gasteiger partial charge in [0.1, 0.15) is 11.5 Å². The molecule has 0 aromatic heterocycles. The molecule has 1 rings (SSSR count). The van der Waals surface area contributed by atoms with Gasteiger partial charge in [-0.05, 0) is 82.8 Å². The molecule has 0 saturated carbocycles. The highest BCUT2D eigenvalue weighted by Gasteiger charge is 2.28. The lowest BCUT2D eigenvalue weighted by atomic mass is 9.94. The third-order valence-electron chi connectivity index (χ3n) is 7.60. The number of phosphoric acid groups is 1. The minimum Gasteiger partial charge on any atom is -0.494 e. The molecule has 3 unspecified atom stereocenters. The molecule has 0 heterocycles. The summed E-state index contributed by atoms with van der Waals surface area (Å²) in [7, 11) is -0.227. The molecule has 0 aliphatic heterocycles. The summed E-state index contributed by atoms with van der Waals surface area (Å²) in [6, 6.07) is 7.96. The van der Waals surface area contributed by atoms with Crippen LogP contribution in [0.1, 0.15) is 129 Å². The second-order valence-corrected chi connectivity index (χ2v) is 13.5. The molecule has 0 bridgehead atoms. The molecule has 1 aromatic carbocycles. The lowest BCUT2D eigenvalue weighted by Crippen LogP contribution is -2.19. The minimum absolute atomic E-state index is 0.00560. The third kappa shape index (κ3) is 20.6. The van der Waals surface area contributed by atoms with Gasteiger partial charge in [0.25, 0.3) is 0 Å². The molecule has 244 valence electrons. The maximum Gasteiger partial charge on any atom is 0.472 e. The molecule has 0 aliphatic rings. The Hall–Kier alpha value is -1.24. The molecular formula is C34H62NO6P. The number of carbonyl (C=O) groups excluding carboxylic acids is 1. The summed E-state index contributed by atoms with van der Waals surface area (Å²) in [6.07, 6.45) is 17.0. The minimum atomic E-state index is -4.23. The Morgan fingerprint density at radius 3 is 2.07 bits per heavy atom. The zero-order chi connectivity index (χ0) is 31.1. The Balaban J connectivity index is 2.50. The molecule has 0 amide bonds. The number of unbranched alkanes of at least 4 members (excludes halogenated alkanes) is 9. The van der Waals surface area contributed by atoms with E-state index in [1.54, 1.807) is 0 Å². The number of carbonyl (C=O) groups is 1. The SMILES string of the molecule is CCCCCCCCCCCCOc1ccc(CC(COP(=O)(O)OC(CC)CCCN(C)C)CC(=O)CCC)cc1. The fourth-order valence-corrected chi connectivity index (χ4v) is 6.20. The second-order valence-electron chi connectivity index (χ2n) is 12.1. The molecule has 7 nitrogen and oxygen atoms in total. The van der Waals surface area contributed by atoms with Gasteiger partial charge in [-0.15, -0.1) is 0 Å². The van der Waals surface area contributed by atoms with E-state index in [9.17, 15) is 14.3 Å². The Labute approximate surface area is 257 Å². The molecule has 0 radical (unpaired) electrons. The van der Waals surface area contributed by atoms with Crippen molar-refractivity contribution in [2.75, 3.05) is 33.9 Å². The number of hydrogen-bond donors (Lipinski definition) is 1. The van der Waals surface area contributed by atoms with Gasteiger partial charge in [-0.3, -0.25) is 13.8 Å². The first-order chi connectivity index (χ1) is 20.2. The molecule has 1 aromatic rings. The number of rotatable bonds is 28. The van der Waals surface area contributed by atoms with Crippen LogP contribution in [0.4, 0.5) is 0 Å². The molecule has 1 N–H and O–H groups in total. The van der Waals surface area contributed by atoms with Crippen molar-refractivity contribution in [3.63, 3.8) is 0 Å². The summed E-state index contributed by atoms with van der Waals surface area (Å²) in [4.78, 5) is 25.0. The van der Waals surface area contributed by atoms with Gasteiger partial charge in [-0.1, -0.05) is 90.7 Å². The van der Waals surface area contributed by atoms with Crippen LogP contribution in [0.5, 0.6) is 5.75 Å². The highest BCUT2D eigenvalue weighted by Crippen LogP contribution is 2.46. The monoisotopic (exact) mass is 611 g/mol. The van der Waals surface area contributed by atoms with E-state index in [4.69, 9.17) is 13.8 Å². The molecule has 42 heavy (non-hydrogen) atoms. The Morgan fingerprint density at radius 1 is 0.881 bits per heavy atom. The normalized spacial score (nSPS) is 14.5. The van der Waals surface area contributed by atoms with Crippen molar-refractivity contribution in [2.24, 2.45) is 5.92 Å². The van der Waals surface area contributed by atoms with E-state index in [0.29, 0.717) is 32.1 Å². The first kappa shape index (κ1) is 38.8. The predicted octanol–water partition coefficient (Wildman–Crippen LogP) is 9.16. The van der Waals surface area contributed by atoms with Crippen LogP contribution in [0.2, 0.25) is 0 Å². The molecule has 3 atom stereocenters. The van der Waals surface area contributed by atoms with Gasteiger partial charge >= 0.3 is 7.82 Å². The van der Waals surface area contributed by atoms with Crippen molar-refractivity contribution in [2.45, 2.75) is 136 Å². The molecule has 0 aliphatic carbocycles. The molecule has 8 heteroatoms. The number of nitrogens with zero attached hydrogens (tertiary/aromatic N) is 1. The first-order valence-electron chi connectivity index (χ1n) is 16.7. The van der Waals surface area contributed by atoms with Crippen molar-refractivity contribution in [1.29, 1.82) is 0 Å². The van der Waals surface area contributed by atoms with E-state index in [0.717, 1.165) is 43.7 Å². The van der Waals surface area contributed by atoms with Crippen LogP contribution in [0, 0.1) is 5.92 Å². The van der Waals surface area contributed by atoms with Crippen molar-refractivity contribution < 1.29 is 28.0 Å². The van der Waals surface area contributed by atoms with E-state index in [1.807, 2.05) is 52.2 Å². The van der Waals surface area contributed by atoms with Gasteiger partial charge in [0.05, 0.1) is 19.3 Å². The van der Waals surface area contributed by atoms with E-state index in [1.165, 1.54) is 57.8 Å². The van der Waals surface area contributed by atoms with E-state index < -0.39 is 7.82 Å². The Bertz CT molecular complexity index is 847. The largest absolute Gasteiger partial charge is 0.494 e. The lowest BCUT2D eigenvalue weighted by molar-refractivity contribution is -0.120. The van der Waals surface area contributed by atoms with Crippen molar-refractivity contribution in [1.82, 2.24) is 4.90 Å². The van der Waals surface area contributed by atoms with Crippen LogP contribution in [0.15, 0.2) is 24.3 Å². The number of ether oxygens (including phenoxy) is 1. The molecule has 0 spiro atoms. The summed E-state index contributed by atoms with van der Waals surface area (Å²) >= 11 is 0. The van der Waals surface area contributed by atoms with Crippen molar-refractivity contribution >= 4 is 13.6 Å². The van der Waals surface area contributed by atoms with Crippen LogP contribution in [0.25, 0.3) is 0 Å². The average Bonchev–Trinajstić information content (AvgIpc) is 2.95. The first-order valence-corrected chi connectivity index (χ1v) is 18.2. The van der Waals surface area contributed by atoms with Gasteiger partial charge in [-0.2, -0.15) is 0 Å². The summed E-state index contributed by atoms with van der Waals surface area (Å²) in [5.41, 5.74) is 1.04. The van der Waals surface area contributed by atoms with Gasteiger partial charge in [0, 0.05) is 12.8 Å². The van der Waals surface area contributed by atoms with Gasteiger partial charge < -0.3 is 14.5 Å². The Morgan fingerprint density at radius 2 is 1.50 bits per heavy atom. The van der Waals surface area contributed by atoms with Crippen molar-refractivity contribution in [3.8, 4) is 5.75 Å². The smallest absolute Gasteiger partial charge is 0.472 e. The molecule has 0 saturated heterocycles. The van der Waals surface area contributed by atoms with Crippen LogP contribution in [0.3, 0.4) is 0 Å². The van der Waals surface area contributed by atoms with Crippen LogP contribution in [-0.4, -0.2) is 55.5 Å². The number of ketones is 1. The van der Waals surface area contributed by atoms with Gasteiger partial charge in [0.15, 0.2) is 0 Å². The van der Waals surface area contributed by atoms with E-state index in [-0.39, 0.29) is 24.4 Å². The summed E-state index contributed by atoms with van der Waals surface area (Å²) in [5.74, 6) is 0.782. The van der Waals surface area contributed by atoms with Crippen molar-refractivity contribution in [3.05, 3.63) is 29.8 Å². The summed E-state index contributed by atoms with van der Waals surface area (Å²) in [5, 5.41) is 0.